The van der Waals surface area contributed by atoms with Gasteiger partial charge in [0.15, 0.2) is 0 Å². The predicted octanol–water partition coefficient (Wildman–Crippen LogP) is 12.7. The summed E-state index contributed by atoms with van der Waals surface area (Å²) in [5.41, 5.74) is 15.4. The number of hydrogen-bond donors (Lipinski definition) is 0. The molecule has 0 saturated carbocycles. The van der Waals surface area contributed by atoms with Crippen LogP contribution in [0.1, 0.15) is 0 Å². The van der Waals surface area contributed by atoms with Gasteiger partial charge in [-0.3, -0.25) is 0 Å². The lowest BCUT2D eigenvalue weighted by molar-refractivity contribution is 1.35. The van der Waals surface area contributed by atoms with Crippen molar-refractivity contribution in [3.8, 4) is 44.5 Å². The Morgan fingerprint density at radius 3 is 1.52 bits per heavy atom. The summed E-state index contributed by atoms with van der Waals surface area (Å²) in [5, 5.41) is 5.34. The van der Waals surface area contributed by atoms with Gasteiger partial charge in [-0.25, -0.2) is 0 Å². The van der Waals surface area contributed by atoms with Crippen LogP contribution in [0.15, 0.2) is 170 Å². The molecule has 52 heavy (non-hydrogen) atoms. The molecule has 0 radical (unpaired) electrons. The molecule has 0 atom stereocenters. The maximum absolute atomic E-state index is 2.60. The lowest BCUT2D eigenvalue weighted by atomic mass is 9.43. The van der Waals surface area contributed by atoms with Gasteiger partial charge in [0.25, 0.3) is 0 Å². The summed E-state index contributed by atoms with van der Waals surface area (Å²) in [4.78, 5) is 2.60. The molecule has 2 aromatic heterocycles. The fraction of sp³-hybridized carbons (Fsp3) is 0. The Balaban J connectivity index is 1.02. The first-order valence-corrected chi connectivity index (χ1v) is 19.5. The van der Waals surface area contributed by atoms with Crippen molar-refractivity contribution in [1.82, 2.24) is 0 Å². The zero-order chi connectivity index (χ0) is 33.9. The number of nitrogens with zero attached hydrogens (tertiary/aromatic N) is 1. The Hall–Kier alpha value is -5.94. The fourth-order valence-electron chi connectivity index (χ4n) is 8.91. The average Bonchev–Trinajstić information content (AvgIpc) is 3.78. The molecule has 1 nitrogen and oxygen atoms in total. The summed E-state index contributed by atoms with van der Waals surface area (Å²) in [5.74, 6) is 0. The smallest absolute Gasteiger partial charge is 0.329 e. The molecule has 12 rings (SSSR count). The van der Waals surface area contributed by atoms with Crippen molar-refractivity contribution in [2.24, 2.45) is 0 Å². The summed E-state index contributed by atoms with van der Waals surface area (Å²) in [6, 6.07) is 63.8. The van der Waals surface area contributed by atoms with Crippen LogP contribution >= 0.6 is 22.7 Å². The van der Waals surface area contributed by atoms with Crippen molar-refractivity contribution < 1.29 is 0 Å². The quantitative estimate of drug-likeness (QED) is 0.163. The minimum absolute atomic E-state index is 0.0744. The summed E-state index contributed by atoms with van der Waals surface area (Å²) >= 11 is 3.75. The van der Waals surface area contributed by atoms with Crippen molar-refractivity contribution in [2.45, 2.75) is 0 Å². The molecular weight excluding hydrogens is 665 g/mol. The van der Waals surface area contributed by atoms with E-state index < -0.39 is 0 Å². The van der Waals surface area contributed by atoms with E-state index in [0.29, 0.717) is 0 Å². The zero-order valence-electron chi connectivity index (χ0n) is 28.0. The van der Waals surface area contributed by atoms with E-state index in [1.165, 1.54) is 107 Å². The highest BCUT2D eigenvalue weighted by Gasteiger charge is 2.42. The molecule has 8 aromatic carbocycles. The van der Waals surface area contributed by atoms with Crippen LogP contribution in [0.25, 0.3) is 84.9 Å². The van der Waals surface area contributed by atoms with Crippen molar-refractivity contribution in [3.63, 3.8) is 0 Å². The van der Waals surface area contributed by atoms with Crippen LogP contribution in [0, 0.1) is 0 Å². The molecule has 0 amide bonds. The topological polar surface area (TPSA) is 3.24 Å². The van der Waals surface area contributed by atoms with Gasteiger partial charge in [0.05, 0.1) is 0 Å². The Morgan fingerprint density at radius 1 is 0.327 bits per heavy atom. The first-order chi connectivity index (χ1) is 25.8. The van der Waals surface area contributed by atoms with Crippen molar-refractivity contribution in [1.29, 1.82) is 0 Å². The predicted molar refractivity (Wildman–Crippen MR) is 228 cm³/mol. The SMILES string of the molecule is c1ccc2c(c1)B1c3ccc(-c4ccc5sc6ccccc6c5c4)cc3-c3ccccc3N1c1ccc(-c3ccc4sc5ccccc5c4c3)cc1-2. The van der Waals surface area contributed by atoms with Crippen LogP contribution in [0.5, 0.6) is 0 Å². The largest absolute Gasteiger partial charge is 0.376 e. The van der Waals surface area contributed by atoms with E-state index in [1.54, 1.807) is 0 Å². The minimum atomic E-state index is 0.0744. The van der Waals surface area contributed by atoms with E-state index in [0.717, 1.165) is 0 Å². The van der Waals surface area contributed by atoms with E-state index in [1.807, 2.05) is 22.7 Å². The zero-order valence-corrected chi connectivity index (χ0v) is 29.6. The molecule has 0 unspecified atom stereocenters. The molecule has 0 saturated heterocycles. The summed E-state index contributed by atoms with van der Waals surface area (Å²) in [7, 11) is 0. The number of thiophene rings is 2. The summed E-state index contributed by atoms with van der Waals surface area (Å²) in [6.07, 6.45) is 0. The first kappa shape index (κ1) is 28.7. The van der Waals surface area contributed by atoms with Gasteiger partial charge in [-0.15, -0.1) is 22.7 Å². The average molecular weight is 694 g/mol. The minimum Gasteiger partial charge on any atom is -0.376 e. The van der Waals surface area contributed by atoms with Gasteiger partial charge in [0, 0.05) is 62.8 Å². The van der Waals surface area contributed by atoms with Crippen molar-refractivity contribution >= 4 is 92.2 Å². The third-order valence-electron chi connectivity index (χ3n) is 11.3. The van der Waals surface area contributed by atoms with E-state index >= 15 is 0 Å². The Kier molecular flexibility index (Phi) is 5.96. The molecular formula is C48H28BNS2. The number of para-hydroxylation sites is 1. The Bertz CT molecular complexity index is 2900. The highest BCUT2D eigenvalue weighted by atomic mass is 32.1. The van der Waals surface area contributed by atoms with Crippen LogP contribution in [0.2, 0.25) is 0 Å². The maximum Gasteiger partial charge on any atom is 0.329 e. The molecule has 4 heteroatoms. The third-order valence-corrected chi connectivity index (χ3v) is 13.6. The second kappa shape index (κ2) is 10.8. The van der Waals surface area contributed by atoms with Gasteiger partial charge >= 0.3 is 6.85 Å². The lowest BCUT2D eigenvalue weighted by Gasteiger charge is -2.43. The molecule has 0 bridgehead atoms. The van der Waals surface area contributed by atoms with Crippen molar-refractivity contribution in [3.05, 3.63) is 170 Å². The normalized spacial score (nSPS) is 12.9. The van der Waals surface area contributed by atoms with Crippen LogP contribution in [-0.2, 0) is 0 Å². The Labute approximate surface area is 309 Å². The molecule has 2 aliphatic rings. The van der Waals surface area contributed by atoms with Crippen LogP contribution in [0.4, 0.5) is 11.4 Å². The van der Waals surface area contributed by atoms with Crippen LogP contribution in [0.3, 0.4) is 0 Å². The van der Waals surface area contributed by atoms with E-state index in [4.69, 9.17) is 0 Å². The van der Waals surface area contributed by atoms with Crippen LogP contribution in [-0.4, -0.2) is 6.85 Å². The summed E-state index contributed by atoms with van der Waals surface area (Å²) in [6.45, 7) is 0.0744. The molecule has 0 fully saturated rings. The number of benzene rings is 8. The fourth-order valence-corrected chi connectivity index (χ4v) is 11.1. The molecule has 240 valence electrons. The second-order valence-electron chi connectivity index (χ2n) is 14.0. The van der Waals surface area contributed by atoms with E-state index in [2.05, 4.69) is 175 Å². The van der Waals surface area contributed by atoms with Gasteiger partial charge in [-0.2, -0.15) is 0 Å². The molecule has 2 aliphatic heterocycles. The van der Waals surface area contributed by atoms with Gasteiger partial charge in [0.2, 0.25) is 0 Å². The number of anilines is 2. The molecule has 4 heterocycles. The molecule has 0 aliphatic carbocycles. The number of rotatable bonds is 2. The standard InChI is InChI=1S/C48H28BNS2/c1-5-13-41-33(9-1)38-26-30(32-20-24-48-40(28-32)36-12-4-8-16-46(36)52-48)18-22-44(38)50-43-14-6-2-10-34(43)37-25-29(17-21-42(37)49(41)50)31-19-23-47-39(27-31)35-11-3-7-15-45(35)51-47/h1-28H. The summed E-state index contributed by atoms with van der Waals surface area (Å²) < 4.78 is 5.36. The maximum atomic E-state index is 2.60. The molecule has 0 spiro atoms. The van der Waals surface area contributed by atoms with Gasteiger partial charge in [-0.05, 0) is 105 Å². The first-order valence-electron chi connectivity index (χ1n) is 17.9. The highest BCUT2D eigenvalue weighted by molar-refractivity contribution is 7.26. The Morgan fingerprint density at radius 2 is 0.808 bits per heavy atom. The molecule has 10 aromatic rings. The van der Waals surface area contributed by atoms with Gasteiger partial charge in [0.1, 0.15) is 0 Å². The monoisotopic (exact) mass is 693 g/mol. The molecule has 0 N–H and O–H groups in total. The number of fused-ring (bicyclic) bond motifs is 17. The van der Waals surface area contributed by atoms with Crippen LogP contribution < -0.4 is 15.7 Å². The highest BCUT2D eigenvalue weighted by Crippen LogP contribution is 2.48. The number of hydrogen-bond acceptors (Lipinski definition) is 3. The van der Waals surface area contributed by atoms with E-state index in [-0.39, 0.29) is 6.85 Å². The van der Waals surface area contributed by atoms with Crippen molar-refractivity contribution in [2.75, 3.05) is 4.81 Å². The second-order valence-corrected chi connectivity index (χ2v) is 16.2. The van der Waals surface area contributed by atoms with Gasteiger partial charge in [-0.1, -0.05) is 109 Å². The third kappa shape index (κ3) is 4.05. The van der Waals surface area contributed by atoms with E-state index in [9.17, 15) is 0 Å². The van der Waals surface area contributed by atoms with Gasteiger partial charge < -0.3 is 4.81 Å². The lowest BCUT2D eigenvalue weighted by Crippen LogP contribution is -2.59.